The Balaban J connectivity index is 1.43. The number of hydrogen-bond acceptors (Lipinski definition) is 6. The van der Waals surface area contributed by atoms with Gasteiger partial charge in [-0.15, -0.1) is 15.3 Å². The standard InChI is InChI=1S/C25H32N8/c1-31-13-9-17(10-14-31)16-27-23-22-20(5-3-4-12-32(22)2)25-29-28-24(33(25)30-23)19-6-7-21-18(15-19)8-11-26-21/h6-8,11,15,17,26H,3-5,9-10,12-14,16H2,1-2H3,(H,27,30). The van der Waals surface area contributed by atoms with E-state index in [2.05, 4.69) is 68.7 Å². The Morgan fingerprint density at radius 3 is 2.82 bits per heavy atom. The molecule has 0 amide bonds. The number of piperidine rings is 1. The molecule has 0 aliphatic carbocycles. The molecule has 0 atom stereocenters. The third-order valence-corrected chi connectivity index (χ3v) is 7.38. The van der Waals surface area contributed by atoms with Crippen LogP contribution in [0.1, 0.15) is 31.2 Å². The number of aryl methyl sites for hydroxylation is 1. The van der Waals surface area contributed by atoms with E-state index in [4.69, 9.17) is 5.10 Å². The lowest BCUT2D eigenvalue weighted by molar-refractivity contribution is 0.226. The van der Waals surface area contributed by atoms with Crippen LogP contribution in [0, 0.1) is 5.92 Å². The van der Waals surface area contributed by atoms with Crippen molar-refractivity contribution in [1.29, 1.82) is 0 Å². The molecule has 4 aromatic rings. The zero-order valence-corrected chi connectivity index (χ0v) is 19.5. The number of rotatable bonds is 4. The Bertz CT molecular complexity index is 1280. The average molecular weight is 445 g/mol. The molecule has 5 heterocycles. The molecule has 8 nitrogen and oxygen atoms in total. The summed E-state index contributed by atoms with van der Waals surface area (Å²) in [6.45, 7) is 4.35. The highest BCUT2D eigenvalue weighted by Crippen LogP contribution is 2.35. The van der Waals surface area contributed by atoms with Gasteiger partial charge in [-0.25, -0.2) is 0 Å². The molecule has 172 valence electrons. The van der Waals surface area contributed by atoms with Crippen molar-refractivity contribution in [2.75, 3.05) is 50.5 Å². The second-order valence-corrected chi connectivity index (χ2v) is 9.72. The van der Waals surface area contributed by atoms with E-state index in [-0.39, 0.29) is 0 Å². The Kier molecular flexibility index (Phi) is 5.17. The number of hydrogen-bond donors (Lipinski definition) is 2. The first-order chi connectivity index (χ1) is 16.2. The molecular formula is C25H32N8. The van der Waals surface area contributed by atoms with E-state index in [0.717, 1.165) is 54.3 Å². The Morgan fingerprint density at radius 1 is 1.06 bits per heavy atom. The van der Waals surface area contributed by atoms with Gasteiger partial charge in [-0.2, -0.15) is 4.52 Å². The number of aromatic amines is 1. The van der Waals surface area contributed by atoms with Crippen molar-refractivity contribution < 1.29 is 0 Å². The van der Waals surface area contributed by atoms with Crippen molar-refractivity contribution in [3.8, 4) is 11.4 Å². The summed E-state index contributed by atoms with van der Waals surface area (Å²) in [6.07, 6.45) is 7.77. The SMILES string of the molecule is CN1CCC(CNc2nn3c(-c4ccc5[nH]ccc5c4)nnc3c3c2N(C)CCCC3)CC1. The van der Waals surface area contributed by atoms with Crippen LogP contribution in [0.4, 0.5) is 11.5 Å². The number of nitrogens with one attached hydrogen (secondary N) is 2. The van der Waals surface area contributed by atoms with Crippen LogP contribution < -0.4 is 10.2 Å². The maximum Gasteiger partial charge on any atom is 0.185 e. The van der Waals surface area contributed by atoms with E-state index in [1.54, 1.807) is 0 Å². The van der Waals surface area contributed by atoms with Crippen molar-refractivity contribution >= 4 is 28.1 Å². The number of nitrogens with zero attached hydrogens (tertiary/aromatic N) is 6. The Hall–Kier alpha value is -3.13. The van der Waals surface area contributed by atoms with Crippen molar-refractivity contribution in [3.63, 3.8) is 0 Å². The average Bonchev–Trinajstić information content (AvgIpc) is 3.42. The van der Waals surface area contributed by atoms with Crippen LogP contribution in [0.15, 0.2) is 30.5 Å². The molecule has 0 unspecified atom stereocenters. The second-order valence-electron chi connectivity index (χ2n) is 9.72. The largest absolute Gasteiger partial charge is 0.371 e. The van der Waals surface area contributed by atoms with Gasteiger partial charge < -0.3 is 20.1 Å². The van der Waals surface area contributed by atoms with Gasteiger partial charge >= 0.3 is 0 Å². The lowest BCUT2D eigenvalue weighted by Crippen LogP contribution is -2.33. The lowest BCUT2D eigenvalue weighted by atomic mass is 9.97. The monoisotopic (exact) mass is 444 g/mol. The molecule has 6 rings (SSSR count). The van der Waals surface area contributed by atoms with E-state index in [0.29, 0.717) is 5.92 Å². The van der Waals surface area contributed by atoms with Gasteiger partial charge in [0.1, 0.15) is 0 Å². The minimum atomic E-state index is 0.682. The normalized spacial score (nSPS) is 18.1. The summed E-state index contributed by atoms with van der Waals surface area (Å²) < 4.78 is 1.96. The maximum absolute atomic E-state index is 5.10. The topological polar surface area (TPSA) is 77.4 Å². The van der Waals surface area contributed by atoms with E-state index in [1.807, 2.05) is 10.7 Å². The summed E-state index contributed by atoms with van der Waals surface area (Å²) >= 11 is 0. The number of aromatic nitrogens is 5. The summed E-state index contributed by atoms with van der Waals surface area (Å²) in [6, 6.07) is 8.45. The number of likely N-dealkylation sites (tertiary alicyclic amines) is 1. The van der Waals surface area contributed by atoms with E-state index in [1.165, 1.54) is 49.0 Å². The molecule has 2 aliphatic rings. The zero-order valence-electron chi connectivity index (χ0n) is 19.5. The highest BCUT2D eigenvalue weighted by atomic mass is 15.4. The van der Waals surface area contributed by atoms with Gasteiger partial charge in [-0.1, -0.05) is 0 Å². The molecule has 0 radical (unpaired) electrons. The molecular weight excluding hydrogens is 412 g/mol. The van der Waals surface area contributed by atoms with Crippen LogP contribution in [0.25, 0.3) is 27.9 Å². The van der Waals surface area contributed by atoms with E-state index in [9.17, 15) is 0 Å². The number of benzene rings is 1. The third kappa shape index (κ3) is 3.72. The molecule has 0 bridgehead atoms. The molecule has 0 spiro atoms. The van der Waals surface area contributed by atoms with Gasteiger partial charge in [-0.05, 0) is 82.4 Å². The lowest BCUT2D eigenvalue weighted by Gasteiger charge is -2.30. The number of fused-ring (bicyclic) bond motifs is 4. The number of H-pyrrole nitrogens is 1. The van der Waals surface area contributed by atoms with Crippen molar-refractivity contribution in [1.82, 2.24) is 29.7 Å². The quantitative estimate of drug-likeness (QED) is 0.499. The highest BCUT2D eigenvalue weighted by Gasteiger charge is 2.25. The minimum absolute atomic E-state index is 0.682. The molecule has 2 N–H and O–H groups in total. The molecule has 33 heavy (non-hydrogen) atoms. The summed E-state index contributed by atoms with van der Waals surface area (Å²) in [5.74, 6) is 2.44. The van der Waals surface area contributed by atoms with Gasteiger partial charge in [0.25, 0.3) is 0 Å². The summed E-state index contributed by atoms with van der Waals surface area (Å²) in [5.41, 5.74) is 5.50. The fourth-order valence-corrected chi connectivity index (χ4v) is 5.36. The fourth-order valence-electron chi connectivity index (χ4n) is 5.36. The van der Waals surface area contributed by atoms with Crippen LogP contribution in [0.2, 0.25) is 0 Å². The summed E-state index contributed by atoms with van der Waals surface area (Å²) in [4.78, 5) is 8.04. The molecule has 1 aromatic carbocycles. The highest BCUT2D eigenvalue weighted by molar-refractivity contribution is 5.84. The first-order valence-electron chi connectivity index (χ1n) is 12.2. The van der Waals surface area contributed by atoms with Gasteiger partial charge in [0, 0.05) is 48.4 Å². The molecule has 1 saturated heterocycles. The van der Waals surface area contributed by atoms with Gasteiger partial charge in [0.05, 0.1) is 5.69 Å². The van der Waals surface area contributed by atoms with E-state index >= 15 is 0 Å². The van der Waals surface area contributed by atoms with Gasteiger partial charge in [0.2, 0.25) is 0 Å². The van der Waals surface area contributed by atoms with Gasteiger partial charge in [0.15, 0.2) is 17.3 Å². The molecule has 3 aromatic heterocycles. The zero-order chi connectivity index (χ0) is 22.4. The summed E-state index contributed by atoms with van der Waals surface area (Å²) in [5, 5.41) is 19.3. The minimum Gasteiger partial charge on any atom is -0.371 e. The Labute approximate surface area is 194 Å². The van der Waals surface area contributed by atoms with Crippen LogP contribution in [0.3, 0.4) is 0 Å². The van der Waals surface area contributed by atoms with Crippen molar-refractivity contribution in [3.05, 3.63) is 36.0 Å². The first kappa shape index (κ1) is 20.5. The van der Waals surface area contributed by atoms with Gasteiger partial charge in [-0.3, -0.25) is 0 Å². The fraction of sp³-hybridized carbons (Fsp3) is 0.480. The van der Waals surface area contributed by atoms with Crippen molar-refractivity contribution in [2.45, 2.75) is 32.1 Å². The third-order valence-electron chi connectivity index (χ3n) is 7.38. The number of anilines is 2. The first-order valence-corrected chi connectivity index (χ1v) is 12.2. The molecule has 1 fully saturated rings. The summed E-state index contributed by atoms with van der Waals surface area (Å²) in [7, 11) is 4.40. The van der Waals surface area contributed by atoms with Crippen LogP contribution >= 0.6 is 0 Å². The smallest absolute Gasteiger partial charge is 0.185 e. The Morgan fingerprint density at radius 2 is 1.94 bits per heavy atom. The predicted octanol–water partition coefficient (Wildman–Crippen LogP) is 3.80. The second kappa shape index (κ2) is 8.33. The van der Waals surface area contributed by atoms with Crippen LogP contribution in [-0.4, -0.2) is 70.0 Å². The predicted molar refractivity (Wildman–Crippen MR) is 133 cm³/mol. The van der Waals surface area contributed by atoms with Crippen LogP contribution in [-0.2, 0) is 6.42 Å². The van der Waals surface area contributed by atoms with Crippen LogP contribution in [0.5, 0.6) is 0 Å². The molecule has 8 heteroatoms. The molecule has 0 saturated carbocycles. The maximum atomic E-state index is 5.10. The molecule has 2 aliphatic heterocycles. The van der Waals surface area contributed by atoms with E-state index < -0.39 is 0 Å². The van der Waals surface area contributed by atoms with Crippen molar-refractivity contribution in [2.24, 2.45) is 5.92 Å².